The maximum atomic E-state index is 13.0. The molecule has 0 saturated carbocycles. The number of carboxylic acids is 1. The van der Waals surface area contributed by atoms with Gasteiger partial charge in [0.25, 0.3) is 0 Å². The number of amides is 1. The van der Waals surface area contributed by atoms with Crippen LogP contribution in [0.15, 0.2) is 42.5 Å². The molecule has 26 heavy (non-hydrogen) atoms. The van der Waals surface area contributed by atoms with Gasteiger partial charge in [0.2, 0.25) is 5.91 Å². The maximum absolute atomic E-state index is 13.0. The SMILES string of the molecule is CC(C)(C)c1ccc(O)c(NC(=O)C[C@@H](C(=O)O)c2ccc(F)cc2)c1. The summed E-state index contributed by atoms with van der Waals surface area (Å²) in [7, 11) is 0. The number of phenolic OH excluding ortho intramolecular Hbond substituents is 1. The Labute approximate surface area is 151 Å². The lowest BCUT2D eigenvalue weighted by Gasteiger charge is -2.20. The third-order valence-electron chi connectivity index (χ3n) is 4.10. The van der Waals surface area contributed by atoms with E-state index in [2.05, 4.69) is 5.32 Å². The Hall–Kier alpha value is -2.89. The maximum Gasteiger partial charge on any atom is 0.311 e. The predicted octanol–water partition coefficient (Wildman–Crippen LogP) is 4.03. The number of nitrogens with one attached hydrogen (secondary N) is 1. The standard InChI is InChI=1S/C20H22FNO4/c1-20(2,3)13-6-9-17(23)16(10-13)22-18(24)11-15(19(25)26)12-4-7-14(21)8-5-12/h4-10,15,23H,11H2,1-3H3,(H,22,24)(H,25,26)/t15-/m1/s1. The summed E-state index contributed by atoms with van der Waals surface area (Å²) in [5.41, 5.74) is 1.30. The van der Waals surface area contributed by atoms with Crippen LogP contribution in [0.1, 0.15) is 44.2 Å². The van der Waals surface area contributed by atoms with Gasteiger partial charge in [-0.2, -0.15) is 0 Å². The first-order valence-electron chi connectivity index (χ1n) is 8.19. The normalized spacial score (nSPS) is 12.5. The summed E-state index contributed by atoms with van der Waals surface area (Å²) in [5, 5.41) is 21.9. The van der Waals surface area contributed by atoms with E-state index in [0.29, 0.717) is 5.56 Å². The van der Waals surface area contributed by atoms with Crippen LogP contribution in [0.5, 0.6) is 5.75 Å². The highest BCUT2D eigenvalue weighted by molar-refractivity contribution is 5.95. The van der Waals surface area contributed by atoms with Crippen molar-refractivity contribution in [3.63, 3.8) is 0 Å². The molecule has 0 aliphatic heterocycles. The Morgan fingerprint density at radius 1 is 1.12 bits per heavy atom. The van der Waals surface area contributed by atoms with Gasteiger partial charge in [-0.05, 0) is 40.8 Å². The summed E-state index contributed by atoms with van der Waals surface area (Å²) >= 11 is 0. The largest absolute Gasteiger partial charge is 0.506 e. The molecule has 0 fully saturated rings. The highest BCUT2D eigenvalue weighted by Crippen LogP contribution is 2.31. The van der Waals surface area contributed by atoms with Crippen LogP contribution >= 0.6 is 0 Å². The van der Waals surface area contributed by atoms with Crippen LogP contribution in [0.4, 0.5) is 10.1 Å². The van der Waals surface area contributed by atoms with Crippen LogP contribution in [0.2, 0.25) is 0 Å². The third-order valence-corrected chi connectivity index (χ3v) is 4.10. The molecule has 0 bridgehead atoms. The number of hydrogen-bond acceptors (Lipinski definition) is 3. The first-order chi connectivity index (χ1) is 12.1. The predicted molar refractivity (Wildman–Crippen MR) is 96.8 cm³/mol. The number of aliphatic carboxylic acids is 1. The number of carbonyl (C=O) groups excluding carboxylic acids is 1. The summed E-state index contributed by atoms with van der Waals surface area (Å²) in [5.74, 6) is -3.42. The number of carboxylic acid groups (broad SMARTS) is 1. The number of hydrogen-bond donors (Lipinski definition) is 3. The van der Waals surface area contributed by atoms with E-state index in [4.69, 9.17) is 0 Å². The number of phenols is 1. The molecule has 138 valence electrons. The van der Waals surface area contributed by atoms with Crippen molar-refractivity contribution in [3.8, 4) is 5.75 Å². The van der Waals surface area contributed by atoms with Crippen LogP contribution in [0.3, 0.4) is 0 Å². The van der Waals surface area contributed by atoms with Gasteiger partial charge in [0.05, 0.1) is 11.6 Å². The smallest absolute Gasteiger partial charge is 0.311 e. The molecule has 0 unspecified atom stereocenters. The van der Waals surface area contributed by atoms with Gasteiger partial charge in [-0.1, -0.05) is 39.0 Å². The molecule has 2 aromatic carbocycles. The van der Waals surface area contributed by atoms with E-state index in [1.807, 2.05) is 20.8 Å². The molecule has 0 aliphatic rings. The van der Waals surface area contributed by atoms with Crippen LogP contribution in [0.25, 0.3) is 0 Å². The van der Waals surface area contributed by atoms with Gasteiger partial charge in [0.1, 0.15) is 11.6 Å². The first-order valence-corrected chi connectivity index (χ1v) is 8.19. The molecule has 2 rings (SSSR count). The fraction of sp³-hybridized carbons (Fsp3) is 0.300. The van der Waals surface area contributed by atoms with Gasteiger partial charge in [-0.3, -0.25) is 9.59 Å². The zero-order valence-electron chi connectivity index (χ0n) is 14.9. The minimum atomic E-state index is -1.18. The Bertz CT molecular complexity index is 810. The number of halogens is 1. The quantitative estimate of drug-likeness (QED) is 0.704. The first kappa shape index (κ1) is 19.4. The minimum absolute atomic E-state index is 0.0972. The number of anilines is 1. The van der Waals surface area contributed by atoms with Crippen molar-refractivity contribution >= 4 is 17.6 Å². The summed E-state index contributed by atoms with van der Waals surface area (Å²) in [6.07, 6.45) is -0.333. The molecule has 0 spiro atoms. The third kappa shape index (κ3) is 4.81. The van der Waals surface area contributed by atoms with E-state index < -0.39 is 23.6 Å². The van der Waals surface area contributed by atoms with Crippen molar-refractivity contribution in [2.75, 3.05) is 5.32 Å². The highest BCUT2D eigenvalue weighted by atomic mass is 19.1. The van der Waals surface area contributed by atoms with E-state index >= 15 is 0 Å². The van der Waals surface area contributed by atoms with Gasteiger partial charge in [0.15, 0.2) is 0 Å². The molecular weight excluding hydrogens is 337 g/mol. The molecule has 3 N–H and O–H groups in total. The summed E-state index contributed by atoms with van der Waals surface area (Å²) in [6, 6.07) is 9.93. The minimum Gasteiger partial charge on any atom is -0.506 e. The molecule has 1 atom stereocenters. The van der Waals surface area contributed by atoms with Crippen molar-refractivity contribution < 1.29 is 24.2 Å². The lowest BCUT2D eigenvalue weighted by molar-refractivity contribution is -0.140. The topological polar surface area (TPSA) is 86.6 Å². The molecule has 0 aromatic heterocycles. The zero-order chi connectivity index (χ0) is 19.5. The number of rotatable bonds is 5. The van der Waals surface area contributed by atoms with Gasteiger partial charge in [0, 0.05) is 6.42 Å². The van der Waals surface area contributed by atoms with E-state index in [1.54, 1.807) is 12.1 Å². The zero-order valence-corrected chi connectivity index (χ0v) is 14.9. The molecule has 0 aliphatic carbocycles. The van der Waals surface area contributed by atoms with Crippen LogP contribution in [0, 0.1) is 5.82 Å². The average molecular weight is 359 g/mol. The van der Waals surface area contributed by atoms with Gasteiger partial charge >= 0.3 is 5.97 Å². The summed E-state index contributed by atoms with van der Waals surface area (Å²) in [4.78, 5) is 23.8. The van der Waals surface area contributed by atoms with Gasteiger partial charge < -0.3 is 15.5 Å². The molecule has 2 aromatic rings. The van der Waals surface area contributed by atoms with Crippen molar-refractivity contribution in [2.24, 2.45) is 0 Å². The molecule has 0 saturated heterocycles. The highest BCUT2D eigenvalue weighted by Gasteiger charge is 2.24. The lowest BCUT2D eigenvalue weighted by atomic mass is 9.87. The van der Waals surface area contributed by atoms with Gasteiger partial charge in [-0.25, -0.2) is 4.39 Å². The second-order valence-electron chi connectivity index (χ2n) is 7.18. The molecule has 5 nitrogen and oxygen atoms in total. The van der Waals surface area contributed by atoms with Crippen LogP contribution in [-0.4, -0.2) is 22.1 Å². The summed E-state index contributed by atoms with van der Waals surface area (Å²) in [6.45, 7) is 6.00. The van der Waals surface area contributed by atoms with Crippen LogP contribution < -0.4 is 5.32 Å². The molecular formula is C20H22FNO4. The van der Waals surface area contributed by atoms with E-state index in [0.717, 1.165) is 17.7 Å². The number of aromatic hydroxyl groups is 1. The number of carbonyl (C=O) groups is 2. The molecule has 0 heterocycles. The molecule has 6 heteroatoms. The molecule has 0 radical (unpaired) electrons. The van der Waals surface area contributed by atoms with Crippen molar-refractivity contribution in [1.29, 1.82) is 0 Å². The fourth-order valence-electron chi connectivity index (χ4n) is 2.53. The summed E-state index contributed by atoms with van der Waals surface area (Å²) < 4.78 is 13.0. The Morgan fingerprint density at radius 3 is 2.27 bits per heavy atom. The Morgan fingerprint density at radius 2 is 1.73 bits per heavy atom. The Kier molecular flexibility index (Phi) is 5.65. The van der Waals surface area contributed by atoms with E-state index in [9.17, 15) is 24.2 Å². The lowest BCUT2D eigenvalue weighted by Crippen LogP contribution is -2.21. The van der Waals surface area contributed by atoms with E-state index in [1.165, 1.54) is 18.2 Å². The van der Waals surface area contributed by atoms with Crippen molar-refractivity contribution in [2.45, 2.75) is 38.5 Å². The van der Waals surface area contributed by atoms with Crippen molar-refractivity contribution in [1.82, 2.24) is 0 Å². The Balaban J connectivity index is 2.18. The van der Waals surface area contributed by atoms with Gasteiger partial charge in [-0.15, -0.1) is 0 Å². The van der Waals surface area contributed by atoms with Crippen LogP contribution in [-0.2, 0) is 15.0 Å². The second kappa shape index (κ2) is 7.56. The average Bonchev–Trinajstić information content (AvgIpc) is 2.54. The van der Waals surface area contributed by atoms with E-state index in [-0.39, 0.29) is 23.3 Å². The number of benzene rings is 2. The fourth-order valence-corrected chi connectivity index (χ4v) is 2.53. The molecule has 1 amide bonds. The monoisotopic (exact) mass is 359 g/mol. The van der Waals surface area contributed by atoms with Crippen molar-refractivity contribution in [3.05, 3.63) is 59.4 Å². The second-order valence-corrected chi connectivity index (χ2v) is 7.18.